The van der Waals surface area contributed by atoms with Crippen molar-refractivity contribution in [3.63, 3.8) is 0 Å². The third kappa shape index (κ3) is 4.03. The summed E-state index contributed by atoms with van der Waals surface area (Å²) in [6.45, 7) is 1.52. The molecule has 1 fully saturated rings. The van der Waals surface area contributed by atoms with Crippen LogP contribution in [0.15, 0.2) is 41.3 Å². The Hall–Kier alpha value is -1.70. The monoisotopic (exact) mass is 350 g/mol. The first-order valence-electron chi connectivity index (χ1n) is 8.20. The minimum atomic E-state index is -3.55. The lowest BCUT2D eigenvalue weighted by Crippen LogP contribution is -2.40. The van der Waals surface area contributed by atoms with Gasteiger partial charge in [0.15, 0.2) is 0 Å². The topological polar surface area (TPSA) is 75.7 Å². The molecule has 1 amide bonds. The van der Waals surface area contributed by atoms with Crippen molar-refractivity contribution in [2.45, 2.75) is 24.2 Å². The number of rotatable bonds is 5. The maximum atomic E-state index is 12.7. The first kappa shape index (κ1) is 17.1. The Morgan fingerprint density at radius 1 is 1.29 bits per heavy atom. The van der Waals surface area contributed by atoms with Crippen molar-refractivity contribution in [1.82, 2.24) is 4.31 Å². The molecule has 24 heavy (non-hydrogen) atoms. The van der Waals surface area contributed by atoms with Crippen molar-refractivity contribution in [1.29, 1.82) is 0 Å². The highest BCUT2D eigenvalue weighted by Gasteiger charge is 2.26. The molecule has 1 aliphatic heterocycles. The van der Waals surface area contributed by atoms with Gasteiger partial charge in [-0.25, -0.2) is 8.42 Å². The Balaban J connectivity index is 1.69. The number of nitrogens with one attached hydrogen (secondary N) is 1. The summed E-state index contributed by atoms with van der Waals surface area (Å²) in [5.41, 5.74) is 0.510. The molecule has 6 nitrogen and oxygen atoms in total. The van der Waals surface area contributed by atoms with Gasteiger partial charge in [-0.15, -0.1) is 0 Å². The van der Waals surface area contributed by atoms with E-state index in [1.807, 2.05) is 0 Å². The summed E-state index contributed by atoms with van der Waals surface area (Å²) in [7, 11) is -3.55. The van der Waals surface area contributed by atoms with Crippen LogP contribution in [0, 0.1) is 5.92 Å². The molecule has 1 saturated heterocycles. The number of benzene rings is 1. The summed E-state index contributed by atoms with van der Waals surface area (Å²) < 4.78 is 31.9. The molecule has 7 heteroatoms. The van der Waals surface area contributed by atoms with Crippen molar-refractivity contribution < 1.29 is 17.9 Å². The van der Waals surface area contributed by atoms with Crippen LogP contribution in [0.1, 0.15) is 19.3 Å². The van der Waals surface area contributed by atoms with Gasteiger partial charge in [0.2, 0.25) is 15.9 Å². The third-order valence-corrected chi connectivity index (χ3v) is 6.18. The first-order valence-corrected chi connectivity index (χ1v) is 9.64. The Morgan fingerprint density at radius 2 is 2.08 bits per heavy atom. The fraction of sp³-hybridized carbons (Fsp3) is 0.471. The van der Waals surface area contributed by atoms with Crippen LogP contribution < -0.4 is 5.32 Å². The third-order valence-electron chi connectivity index (χ3n) is 4.29. The van der Waals surface area contributed by atoms with E-state index in [0.717, 1.165) is 12.8 Å². The summed E-state index contributed by atoms with van der Waals surface area (Å²) in [5, 5.41) is 2.80. The fourth-order valence-corrected chi connectivity index (χ4v) is 4.44. The van der Waals surface area contributed by atoms with E-state index in [1.165, 1.54) is 10.4 Å². The first-order chi connectivity index (χ1) is 11.6. The average Bonchev–Trinajstić information content (AvgIpc) is 3.08. The van der Waals surface area contributed by atoms with E-state index < -0.39 is 10.0 Å². The number of hydrogen-bond donors (Lipinski definition) is 1. The molecule has 3 rings (SSSR count). The molecule has 1 heterocycles. The van der Waals surface area contributed by atoms with Crippen molar-refractivity contribution in [2.24, 2.45) is 5.92 Å². The van der Waals surface area contributed by atoms with Crippen LogP contribution in [-0.2, 0) is 19.6 Å². The zero-order valence-electron chi connectivity index (χ0n) is 13.5. The molecule has 1 aromatic rings. The Morgan fingerprint density at radius 3 is 2.79 bits per heavy atom. The molecule has 1 N–H and O–H groups in total. The molecular formula is C17H22N2O4S. The number of carbonyl (C=O) groups is 1. The number of sulfonamides is 1. The minimum absolute atomic E-state index is 0.0903. The van der Waals surface area contributed by atoms with Gasteiger partial charge in [0.1, 0.15) is 0 Å². The number of ether oxygens (including phenoxy) is 1. The standard InChI is InChI=1S/C17H22N2O4S/c20-17(12-14-4-1-2-5-14)18-15-6-3-7-16(13-15)24(21,22)19-8-10-23-11-9-19/h1,3-4,6-7,13-14H,2,5,8-12H2,(H,18,20). The van der Waals surface area contributed by atoms with Gasteiger partial charge in [0.25, 0.3) is 0 Å². The van der Waals surface area contributed by atoms with Crippen LogP contribution in [0.3, 0.4) is 0 Å². The van der Waals surface area contributed by atoms with E-state index in [4.69, 9.17) is 4.74 Å². The highest BCUT2D eigenvalue weighted by atomic mass is 32.2. The van der Waals surface area contributed by atoms with Gasteiger partial charge in [-0.2, -0.15) is 4.31 Å². The molecule has 1 atom stereocenters. The van der Waals surface area contributed by atoms with Crippen molar-refractivity contribution in [3.05, 3.63) is 36.4 Å². The second-order valence-electron chi connectivity index (χ2n) is 6.06. The largest absolute Gasteiger partial charge is 0.379 e. The van der Waals surface area contributed by atoms with Gasteiger partial charge in [0.05, 0.1) is 18.1 Å². The molecule has 0 spiro atoms. The molecule has 130 valence electrons. The molecule has 0 bridgehead atoms. The summed E-state index contributed by atoms with van der Waals surface area (Å²) in [4.78, 5) is 12.3. The molecule has 0 aromatic heterocycles. The van der Waals surface area contributed by atoms with Crippen LogP contribution >= 0.6 is 0 Å². The predicted octanol–water partition coefficient (Wildman–Crippen LogP) is 2.00. The summed E-state index contributed by atoms with van der Waals surface area (Å²) in [6, 6.07) is 6.44. The van der Waals surface area contributed by atoms with Crippen LogP contribution in [-0.4, -0.2) is 44.9 Å². The lowest BCUT2D eigenvalue weighted by Gasteiger charge is -2.26. The van der Waals surface area contributed by atoms with Crippen LogP contribution in [0.2, 0.25) is 0 Å². The molecule has 1 aromatic carbocycles. The normalized spacial score (nSPS) is 21.8. The van der Waals surface area contributed by atoms with E-state index in [-0.39, 0.29) is 16.7 Å². The Kier molecular flexibility index (Phi) is 5.33. The summed E-state index contributed by atoms with van der Waals surface area (Å²) in [6.07, 6.45) is 6.60. The van der Waals surface area contributed by atoms with Crippen LogP contribution in [0.25, 0.3) is 0 Å². The summed E-state index contributed by atoms with van der Waals surface area (Å²) >= 11 is 0. The van der Waals surface area contributed by atoms with Crippen LogP contribution in [0.4, 0.5) is 5.69 Å². The predicted molar refractivity (Wildman–Crippen MR) is 91.1 cm³/mol. The van der Waals surface area contributed by atoms with Gasteiger partial charge in [-0.1, -0.05) is 18.2 Å². The van der Waals surface area contributed by atoms with Crippen molar-refractivity contribution >= 4 is 21.6 Å². The van der Waals surface area contributed by atoms with Crippen LogP contribution in [0.5, 0.6) is 0 Å². The molecule has 1 aliphatic carbocycles. The molecule has 0 saturated carbocycles. The van der Waals surface area contributed by atoms with E-state index in [0.29, 0.717) is 38.4 Å². The van der Waals surface area contributed by atoms with Gasteiger partial charge in [0, 0.05) is 25.2 Å². The van der Waals surface area contributed by atoms with Crippen molar-refractivity contribution in [2.75, 3.05) is 31.6 Å². The van der Waals surface area contributed by atoms with E-state index >= 15 is 0 Å². The van der Waals surface area contributed by atoms with Gasteiger partial charge in [-0.3, -0.25) is 4.79 Å². The maximum absolute atomic E-state index is 12.7. The average molecular weight is 350 g/mol. The Labute approximate surface area is 142 Å². The zero-order chi connectivity index (χ0) is 17.0. The number of anilines is 1. The smallest absolute Gasteiger partial charge is 0.243 e. The van der Waals surface area contributed by atoms with E-state index in [9.17, 15) is 13.2 Å². The van der Waals surface area contributed by atoms with E-state index in [1.54, 1.807) is 18.2 Å². The molecule has 2 aliphatic rings. The highest BCUT2D eigenvalue weighted by molar-refractivity contribution is 7.89. The molecule has 1 unspecified atom stereocenters. The number of allylic oxidation sites excluding steroid dienone is 2. The number of hydrogen-bond acceptors (Lipinski definition) is 4. The second-order valence-corrected chi connectivity index (χ2v) is 8.00. The lowest BCUT2D eigenvalue weighted by atomic mass is 10.1. The maximum Gasteiger partial charge on any atom is 0.243 e. The summed E-state index contributed by atoms with van der Waals surface area (Å²) in [5.74, 6) is 0.192. The molecule has 0 radical (unpaired) electrons. The van der Waals surface area contributed by atoms with Gasteiger partial charge >= 0.3 is 0 Å². The zero-order valence-corrected chi connectivity index (χ0v) is 14.3. The van der Waals surface area contributed by atoms with Crippen molar-refractivity contribution in [3.8, 4) is 0 Å². The van der Waals surface area contributed by atoms with Gasteiger partial charge in [-0.05, 0) is 37.0 Å². The highest BCUT2D eigenvalue weighted by Crippen LogP contribution is 2.23. The van der Waals surface area contributed by atoms with E-state index in [2.05, 4.69) is 17.5 Å². The lowest BCUT2D eigenvalue weighted by molar-refractivity contribution is -0.116. The number of nitrogens with zero attached hydrogens (tertiary/aromatic N) is 1. The second kappa shape index (κ2) is 7.46. The SMILES string of the molecule is O=C(CC1C=CCC1)Nc1cccc(S(=O)(=O)N2CCOCC2)c1. The van der Waals surface area contributed by atoms with Gasteiger partial charge < -0.3 is 10.1 Å². The Bertz CT molecular complexity index is 724. The molecular weight excluding hydrogens is 328 g/mol. The minimum Gasteiger partial charge on any atom is -0.379 e. The number of carbonyl (C=O) groups excluding carboxylic acids is 1. The number of amides is 1. The number of morpholine rings is 1. The fourth-order valence-electron chi connectivity index (χ4n) is 2.99. The quantitative estimate of drug-likeness (QED) is 0.824.